The fourth-order valence-electron chi connectivity index (χ4n) is 2.75. The number of hydrogen-bond donors (Lipinski definition) is 1. The van der Waals surface area contributed by atoms with E-state index in [-0.39, 0.29) is 18.0 Å². The summed E-state index contributed by atoms with van der Waals surface area (Å²) in [5.74, 6) is 0.457. The highest BCUT2D eigenvalue weighted by Gasteiger charge is 2.16. The van der Waals surface area contributed by atoms with Gasteiger partial charge in [0.1, 0.15) is 5.75 Å². The molecule has 0 radical (unpaired) electrons. The molecule has 0 saturated carbocycles. The van der Waals surface area contributed by atoms with Crippen LogP contribution in [-0.4, -0.2) is 17.9 Å². The highest BCUT2D eigenvalue weighted by Crippen LogP contribution is 2.29. The van der Waals surface area contributed by atoms with Crippen molar-refractivity contribution in [1.29, 1.82) is 0 Å². The van der Waals surface area contributed by atoms with Gasteiger partial charge in [-0.05, 0) is 35.2 Å². The molecule has 0 spiro atoms. The van der Waals surface area contributed by atoms with Crippen molar-refractivity contribution >= 4 is 28.1 Å². The van der Waals surface area contributed by atoms with Crippen LogP contribution < -0.4 is 10.1 Å². The predicted molar refractivity (Wildman–Crippen MR) is 95.9 cm³/mol. The van der Waals surface area contributed by atoms with Crippen molar-refractivity contribution in [3.63, 3.8) is 0 Å². The van der Waals surface area contributed by atoms with Gasteiger partial charge in [-0.3, -0.25) is 14.9 Å². The largest absolute Gasteiger partial charge is 0.497 e. The molecule has 0 saturated heterocycles. The summed E-state index contributed by atoms with van der Waals surface area (Å²) in [6.45, 7) is 0. The number of benzene rings is 3. The molecule has 6 nitrogen and oxygen atoms in total. The second kappa shape index (κ2) is 7.00. The van der Waals surface area contributed by atoms with Crippen molar-refractivity contribution < 1.29 is 14.5 Å². The molecule has 0 atom stereocenters. The maximum atomic E-state index is 12.3. The minimum atomic E-state index is -0.423. The fraction of sp³-hybridized carbons (Fsp3) is 0.105. The van der Waals surface area contributed by atoms with Crippen LogP contribution in [0.5, 0.6) is 5.75 Å². The van der Waals surface area contributed by atoms with E-state index in [2.05, 4.69) is 5.32 Å². The summed E-state index contributed by atoms with van der Waals surface area (Å²) in [7, 11) is 1.57. The third-order valence-electron chi connectivity index (χ3n) is 3.89. The number of fused-ring (bicyclic) bond motifs is 1. The molecule has 0 heterocycles. The van der Waals surface area contributed by atoms with E-state index >= 15 is 0 Å². The van der Waals surface area contributed by atoms with Crippen LogP contribution >= 0.6 is 0 Å². The van der Waals surface area contributed by atoms with Gasteiger partial charge in [0, 0.05) is 11.8 Å². The first-order valence-electron chi connectivity index (χ1n) is 7.67. The summed E-state index contributed by atoms with van der Waals surface area (Å²) in [5.41, 5.74) is 1.27. The fourth-order valence-corrected chi connectivity index (χ4v) is 2.75. The number of nitrogens with zero attached hydrogens (tertiary/aromatic N) is 1. The van der Waals surface area contributed by atoms with Gasteiger partial charge in [0.25, 0.3) is 5.69 Å². The zero-order chi connectivity index (χ0) is 17.8. The van der Waals surface area contributed by atoms with Gasteiger partial charge in [0.05, 0.1) is 23.8 Å². The Balaban J connectivity index is 1.86. The second-order valence-electron chi connectivity index (χ2n) is 5.50. The van der Waals surface area contributed by atoms with Gasteiger partial charge in [-0.1, -0.05) is 30.3 Å². The Morgan fingerprint density at radius 1 is 1.08 bits per heavy atom. The Kier molecular flexibility index (Phi) is 4.61. The number of methoxy groups -OCH3 is 1. The summed E-state index contributed by atoms with van der Waals surface area (Å²) in [4.78, 5) is 23.2. The van der Waals surface area contributed by atoms with Gasteiger partial charge in [-0.2, -0.15) is 0 Å². The Labute approximate surface area is 144 Å². The molecule has 3 rings (SSSR count). The number of nitro benzene ring substituents is 1. The number of ether oxygens (including phenoxy) is 1. The lowest BCUT2D eigenvalue weighted by Gasteiger charge is -2.09. The van der Waals surface area contributed by atoms with Gasteiger partial charge in [0.15, 0.2) is 0 Å². The topological polar surface area (TPSA) is 81.5 Å². The van der Waals surface area contributed by atoms with Crippen LogP contribution in [0, 0.1) is 10.1 Å². The molecule has 1 N–H and O–H groups in total. The van der Waals surface area contributed by atoms with E-state index in [1.54, 1.807) is 61.7 Å². The summed E-state index contributed by atoms with van der Waals surface area (Å²) >= 11 is 0. The zero-order valence-electron chi connectivity index (χ0n) is 13.6. The van der Waals surface area contributed by atoms with Crippen LogP contribution in [0.25, 0.3) is 10.8 Å². The quantitative estimate of drug-likeness (QED) is 0.565. The minimum absolute atomic E-state index is 0.00495. The average Bonchev–Trinajstić information content (AvgIpc) is 2.62. The van der Waals surface area contributed by atoms with E-state index < -0.39 is 4.92 Å². The third-order valence-corrected chi connectivity index (χ3v) is 3.89. The van der Waals surface area contributed by atoms with E-state index in [0.717, 1.165) is 5.39 Å². The number of carbonyl (C=O) groups is 1. The van der Waals surface area contributed by atoms with E-state index in [1.165, 1.54) is 6.07 Å². The summed E-state index contributed by atoms with van der Waals surface area (Å²) in [6.07, 6.45) is 0.0498. The Morgan fingerprint density at radius 2 is 1.76 bits per heavy atom. The molecular formula is C19H16N2O4. The standard InChI is InChI=1S/C19H16N2O4/c1-25-16-10-8-15(9-11-16)20-18(22)12-14-6-2-4-13-5-3-7-17(19(13)14)21(23)24/h2-11H,12H2,1H3,(H,20,22). The first-order chi connectivity index (χ1) is 12.1. The summed E-state index contributed by atoms with van der Waals surface area (Å²) in [5, 5.41) is 15.3. The van der Waals surface area contributed by atoms with Gasteiger partial charge >= 0.3 is 0 Å². The van der Waals surface area contributed by atoms with Crippen LogP contribution in [0.2, 0.25) is 0 Å². The number of non-ortho nitro benzene ring substituents is 1. The molecule has 0 fully saturated rings. The smallest absolute Gasteiger partial charge is 0.277 e. The molecule has 1 amide bonds. The highest BCUT2D eigenvalue weighted by atomic mass is 16.6. The average molecular weight is 336 g/mol. The van der Waals surface area contributed by atoms with Crippen molar-refractivity contribution in [3.05, 3.63) is 76.3 Å². The third kappa shape index (κ3) is 3.58. The SMILES string of the molecule is COc1ccc(NC(=O)Cc2cccc3cccc([N+](=O)[O-])c23)cc1. The van der Waals surface area contributed by atoms with Gasteiger partial charge in [0.2, 0.25) is 5.91 Å². The number of hydrogen-bond acceptors (Lipinski definition) is 4. The lowest BCUT2D eigenvalue weighted by molar-refractivity contribution is -0.383. The van der Waals surface area contributed by atoms with Crippen molar-refractivity contribution in [2.45, 2.75) is 6.42 Å². The van der Waals surface area contributed by atoms with Crippen LogP contribution in [0.15, 0.2) is 60.7 Å². The van der Waals surface area contributed by atoms with E-state index in [1.807, 2.05) is 0 Å². The van der Waals surface area contributed by atoms with Crippen molar-refractivity contribution in [2.75, 3.05) is 12.4 Å². The Bertz CT molecular complexity index is 931. The van der Waals surface area contributed by atoms with Crippen molar-refractivity contribution in [1.82, 2.24) is 0 Å². The van der Waals surface area contributed by atoms with Crippen LogP contribution in [0.1, 0.15) is 5.56 Å². The molecule has 25 heavy (non-hydrogen) atoms. The molecule has 0 bridgehead atoms. The van der Waals surface area contributed by atoms with E-state index in [4.69, 9.17) is 4.74 Å². The molecule has 0 aliphatic carbocycles. The van der Waals surface area contributed by atoms with Gasteiger partial charge < -0.3 is 10.1 Å². The molecule has 0 unspecified atom stereocenters. The first-order valence-corrected chi connectivity index (χ1v) is 7.67. The number of anilines is 1. The maximum Gasteiger partial charge on any atom is 0.277 e. The lowest BCUT2D eigenvalue weighted by atomic mass is 10.0. The number of nitrogens with one attached hydrogen (secondary N) is 1. The molecule has 6 heteroatoms. The number of carbonyl (C=O) groups excluding carboxylic acids is 1. The monoisotopic (exact) mass is 336 g/mol. The molecule has 0 aliphatic heterocycles. The summed E-state index contributed by atoms with van der Waals surface area (Å²) < 4.78 is 5.08. The van der Waals surface area contributed by atoms with Gasteiger partial charge in [-0.25, -0.2) is 0 Å². The van der Waals surface area contributed by atoms with Crippen LogP contribution in [0.4, 0.5) is 11.4 Å². The second-order valence-corrected chi connectivity index (χ2v) is 5.50. The number of nitro groups is 1. The molecule has 3 aromatic rings. The lowest BCUT2D eigenvalue weighted by Crippen LogP contribution is -2.14. The normalized spacial score (nSPS) is 10.4. The van der Waals surface area contributed by atoms with Gasteiger partial charge in [-0.15, -0.1) is 0 Å². The van der Waals surface area contributed by atoms with Crippen molar-refractivity contribution in [2.24, 2.45) is 0 Å². The van der Waals surface area contributed by atoms with E-state index in [9.17, 15) is 14.9 Å². The molecule has 126 valence electrons. The predicted octanol–water partition coefficient (Wildman–Crippen LogP) is 3.94. The minimum Gasteiger partial charge on any atom is -0.497 e. The molecule has 3 aromatic carbocycles. The van der Waals surface area contributed by atoms with Crippen LogP contribution in [0.3, 0.4) is 0 Å². The maximum absolute atomic E-state index is 12.3. The first kappa shape index (κ1) is 16.4. The van der Waals surface area contributed by atoms with E-state index in [0.29, 0.717) is 22.4 Å². The molecular weight excluding hydrogens is 320 g/mol. The number of amides is 1. The van der Waals surface area contributed by atoms with Crippen molar-refractivity contribution in [3.8, 4) is 5.75 Å². The molecule has 0 aromatic heterocycles. The Morgan fingerprint density at radius 3 is 2.40 bits per heavy atom. The highest BCUT2D eigenvalue weighted by molar-refractivity contribution is 5.99. The summed E-state index contributed by atoms with van der Waals surface area (Å²) in [6, 6.07) is 17.2. The van der Waals surface area contributed by atoms with Crippen LogP contribution in [-0.2, 0) is 11.2 Å². The molecule has 0 aliphatic rings. The number of rotatable bonds is 5. The zero-order valence-corrected chi connectivity index (χ0v) is 13.6. The Hall–Kier alpha value is -3.41.